The molecule has 0 aliphatic rings. The number of ether oxygens (including phenoxy) is 1. The van der Waals surface area contributed by atoms with E-state index in [-0.39, 0.29) is 18.0 Å². The topological polar surface area (TPSA) is 62.3 Å². The van der Waals surface area contributed by atoms with Gasteiger partial charge in [0.25, 0.3) is 0 Å². The lowest BCUT2D eigenvalue weighted by Crippen LogP contribution is -2.07. The van der Waals surface area contributed by atoms with Gasteiger partial charge in [0.1, 0.15) is 18.2 Å². The molecule has 0 unspecified atom stereocenters. The third kappa shape index (κ3) is 3.49. The summed E-state index contributed by atoms with van der Waals surface area (Å²) in [5.41, 5.74) is 1.79. The van der Waals surface area contributed by atoms with Crippen LogP contribution in [0.1, 0.15) is 17.2 Å². The van der Waals surface area contributed by atoms with E-state index in [0.29, 0.717) is 22.2 Å². The number of aromatic nitrogens is 1. The molecule has 1 heterocycles. The second-order valence-corrected chi connectivity index (χ2v) is 6.00. The van der Waals surface area contributed by atoms with E-state index in [1.54, 1.807) is 30.3 Å². The van der Waals surface area contributed by atoms with Crippen molar-refractivity contribution in [2.24, 2.45) is 0 Å². The van der Waals surface area contributed by atoms with E-state index >= 15 is 0 Å². The Morgan fingerprint density at radius 1 is 1.12 bits per heavy atom. The molecule has 2 aromatic carbocycles. The fraction of sp³-hybridized carbons (Fsp3) is 0.167. The molecule has 0 fully saturated rings. The van der Waals surface area contributed by atoms with Crippen LogP contribution in [-0.2, 0) is 6.61 Å². The summed E-state index contributed by atoms with van der Waals surface area (Å²) in [6.45, 7) is 0.243. The number of halogens is 2. The van der Waals surface area contributed by atoms with Gasteiger partial charge in [-0.15, -0.1) is 0 Å². The molecule has 0 saturated carbocycles. The van der Waals surface area contributed by atoms with Crippen molar-refractivity contribution in [3.05, 3.63) is 75.8 Å². The molecule has 24 heavy (non-hydrogen) atoms. The number of fused-ring (bicyclic) bond motifs is 1. The summed E-state index contributed by atoms with van der Waals surface area (Å²) in [7, 11) is 0. The second-order valence-electron chi connectivity index (χ2n) is 5.35. The number of hydrogen-bond acceptors (Lipinski definition) is 3. The first-order chi connectivity index (χ1) is 11.6. The number of hydrogen-bond donors (Lipinski definition) is 2. The molecule has 0 radical (unpaired) electrons. The molecule has 0 saturated heterocycles. The molecule has 2 N–H and O–H groups in total. The SMILES string of the molecule is O=c1ccc2c([C@H](O)CBr)ccc(OCc3ccc(F)cc3)c2[nH]1. The van der Waals surface area contributed by atoms with Gasteiger partial charge in [-0.3, -0.25) is 4.79 Å². The summed E-state index contributed by atoms with van der Waals surface area (Å²) in [6.07, 6.45) is -0.690. The normalized spacial score (nSPS) is 12.3. The summed E-state index contributed by atoms with van der Waals surface area (Å²) < 4.78 is 18.7. The number of nitrogens with one attached hydrogen (secondary N) is 1. The Balaban J connectivity index is 1.97. The van der Waals surface area contributed by atoms with E-state index in [1.165, 1.54) is 18.2 Å². The second kappa shape index (κ2) is 7.15. The number of rotatable bonds is 5. The molecule has 3 aromatic rings. The van der Waals surface area contributed by atoms with Gasteiger partial charge in [0.2, 0.25) is 5.56 Å². The van der Waals surface area contributed by atoms with Crippen molar-refractivity contribution < 1.29 is 14.2 Å². The Kier molecular flexibility index (Phi) is 4.97. The highest BCUT2D eigenvalue weighted by Crippen LogP contribution is 2.30. The van der Waals surface area contributed by atoms with E-state index in [4.69, 9.17) is 4.74 Å². The maximum Gasteiger partial charge on any atom is 0.248 e. The number of alkyl halides is 1. The number of H-pyrrole nitrogens is 1. The van der Waals surface area contributed by atoms with E-state index in [2.05, 4.69) is 20.9 Å². The third-order valence-corrected chi connectivity index (χ3v) is 4.32. The van der Waals surface area contributed by atoms with Crippen LogP contribution in [0.4, 0.5) is 4.39 Å². The predicted molar refractivity (Wildman–Crippen MR) is 94.1 cm³/mol. The highest BCUT2D eigenvalue weighted by atomic mass is 79.9. The standard InChI is InChI=1S/C18H15BrFNO3/c19-9-15(22)13-5-7-16(18-14(13)6-8-17(23)21-18)24-10-11-1-3-12(20)4-2-11/h1-8,15,22H,9-10H2,(H,21,23)/t15-/m1/s1. The van der Waals surface area contributed by atoms with E-state index in [1.807, 2.05) is 0 Å². The van der Waals surface area contributed by atoms with Gasteiger partial charge in [-0.2, -0.15) is 0 Å². The smallest absolute Gasteiger partial charge is 0.248 e. The number of pyridine rings is 1. The Morgan fingerprint density at radius 2 is 1.88 bits per heavy atom. The quantitative estimate of drug-likeness (QED) is 0.652. The van der Waals surface area contributed by atoms with Gasteiger partial charge < -0.3 is 14.8 Å². The number of aromatic amines is 1. The molecule has 0 spiro atoms. The van der Waals surface area contributed by atoms with Crippen LogP contribution in [0.5, 0.6) is 5.75 Å². The lowest BCUT2D eigenvalue weighted by atomic mass is 10.0. The van der Waals surface area contributed by atoms with Crippen molar-refractivity contribution in [3.8, 4) is 5.75 Å². The van der Waals surface area contributed by atoms with E-state index in [0.717, 1.165) is 10.9 Å². The molecule has 0 amide bonds. The molecule has 1 aromatic heterocycles. The van der Waals surface area contributed by atoms with Crippen molar-refractivity contribution in [1.82, 2.24) is 4.98 Å². The van der Waals surface area contributed by atoms with Gasteiger partial charge in [-0.1, -0.05) is 34.1 Å². The van der Waals surface area contributed by atoms with Crippen molar-refractivity contribution in [2.75, 3.05) is 5.33 Å². The summed E-state index contributed by atoms with van der Waals surface area (Å²) >= 11 is 3.25. The monoisotopic (exact) mass is 391 g/mol. The fourth-order valence-electron chi connectivity index (χ4n) is 2.48. The first kappa shape index (κ1) is 16.7. The Bertz CT molecular complexity index is 908. The summed E-state index contributed by atoms with van der Waals surface area (Å²) in [6, 6.07) is 12.6. The third-order valence-electron chi connectivity index (χ3n) is 3.70. The van der Waals surface area contributed by atoms with Crippen LogP contribution < -0.4 is 10.3 Å². The zero-order valence-electron chi connectivity index (χ0n) is 12.6. The molecule has 0 aliphatic heterocycles. The molecule has 4 nitrogen and oxygen atoms in total. The van der Waals surface area contributed by atoms with Gasteiger partial charge in [-0.05, 0) is 35.4 Å². The summed E-state index contributed by atoms with van der Waals surface area (Å²) in [5.74, 6) is 0.194. The maximum atomic E-state index is 12.9. The van der Waals surface area contributed by atoms with Crippen molar-refractivity contribution in [3.63, 3.8) is 0 Å². The van der Waals surface area contributed by atoms with Crippen LogP contribution in [-0.4, -0.2) is 15.4 Å². The first-order valence-electron chi connectivity index (χ1n) is 7.35. The average Bonchev–Trinajstić information content (AvgIpc) is 2.60. The number of benzene rings is 2. The van der Waals surface area contributed by atoms with Gasteiger partial charge in [-0.25, -0.2) is 4.39 Å². The fourth-order valence-corrected chi connectivity index (χ4v) is 2.83. The Morgan fingerprint density at radius 3 is 2.58 bits per heavy atom. The minimum absolute atomic E-state index is 0.243. The molecule has 1 atom stereocenters. The molecule has 0 bridgehead atoms. The van der Waals surface area contributed by atoms with Gasteiger partial charge in [0.05, 0.1) is 11.6 Å². The van der Waals surface area contributed by atoms with Crippen molar-refractivity contribution >= 4 is 26.8 Å². The van der Waals surface area contributed by atoms with Crippen LogP contribution in [0.2, 0.25) is 0 Å². The summed E-state index contributed by atoms with van der Waals surface area (Å²) in [5, 5.41) is 11.2. The summed E-state index contributed by atoms with van der Waals surface area (Å²) in [4.78, 5) is 14.4. The average molecular weight is 392 g/mol. The molecular formula is C18H15BrFNO3. The maximum absolute atomic E-state index is 12.9. The molecule has 0 aliphatic carbocycles. The highest BCUT2D eigenvalue weighted by molar-refractivity contribution is 9.09. The largest absolute Gasteiger partial charge is 0.487 e. The molecular weight excluding hydrogens is 377 g/mol. The van der Waals surface area contributed by atoms with Crippen LogP contribution >= 0.6 is 15.9 Å². The predicted octanol–water partition coefficient (Wildman–Crippen LogP) is 3.67. The van der Waals surface area contributed by atoms with Gasteiger partial charge in [0.15, 0.2) is 0 Å². The van der Waals surface area contributed by atoms with E-state index < -0.39 is 6.10 Å². The number of aliphatic hydroxyl groups is 1. The Hall–Kier alpha value is -2.18. The van der Waals surface area contributed by atoms with Crippen LogP contribution in [0.15, 0.2) is 53.3 Å². The van der Waals surface area contributed by atoms with Gasteiger partial charge in [0, 0.05) is 16.8 Å². The highest BCUT2D eigenvalue weighted by Gasteiger charge is 2.14. The van der Waals surface area contributed by atoms with Crippen LogP contribution in [0.3, 0.4) is 0 Å². The number of aliphatic hydroxyl groups excluding tert-OH is 1. The molecule has 6 heteroatoms. The lowest BCUT2D eigenvalue weighted by molar-refractivity contribution is 0.207. The Labute approximate surface area is 146 Å². The zero-order chi connectivity index (χ0) is 17.1. The molecule has 3 rings (SSSR count). The van der Waals surface area contributed by atoms with Crippen molar-refractivity contribution in [2.45, 2.75) is 12.7 Å². The van der Waals surface area contributed by atoms with Gasteiger partial charge >= 0.3 is 0 Å². The van der Waals surface area contributed by atoms with Crippen LogP contribution in [0.25, 0.3) is 10.9 Å². The lowest BCUT2D eigenvalue weighted by Gasteiger charge is -2.14. The minimum atomic E-state index is -0.690. The first-order valence-corrected chi connectivity index (χ1v) is 8.48. The minimum Gasteiger partial charge on any atom is -0.487 e. The zero-order valence-corrected chi connectivity index (χ0v) is 14.2. The van der Waals surface area contributed by atoms with Crippen LogP contribution in [0, 0.1) is 5.82 Å². The van der Waals surface area contributed by atoms with Crippen molar-refractivity contribution in [1.29, 1.82) is 0 Å². The van der Waals surface area contributed by atoms with E-state index in [9.17, 15) is 14.3 Å². The molecule has 124 valence electrons.